The van der Waals surface area contributed by atoms with Crippen molar-refractivity contribution in [3.05, 3.63) is 60.9 Å². The molecule has 0 bridgehead atoms. The predicted molar refractivity (Wildman–Crippen MR) is 219 cm³/mol. The SMILES string of the molecule is CCCCCC=CCC=CCC=CCC=CCCCCCC(=O)OC(COC=CCCCCCCCCCCCCCC)COP(=O)(O)OCCN. The molecule has 0 aromatic carbocycles. The summed E-state index contributed by atoms with van der Waals surface area (Å²) >= 11 is 0. The normalized spacial score (nSPS) is 14.1. The number of ether oxygens (including phenoxy) is 2. The molecule has 0 saturated carbocycles. The average Bonchev–Trinajstić information content (AvgIpc) is 3.13. The number of esters is 1. The van der Waals surface area contributed by atoms with Crippen LogP contribution < -0.4 is 5.73 Å². The van der Waals surface area contributed by atoms with Crippen LogP contribution >= 0.6 is 7.82 Å². The Morgan fingerprint density at radius 1 is 0.596 bits per heavy atom. The first-order valence-corrected chi connectivity index (χ1v) is 22.3. The fourth-order valence-electron chi connectivity index (χ4n) is 5.42. The minimum Gasteiger partial charge on any atom is -0.498 e. The number of phosphoric ester groups is 1. The summed E-state index contributed by atoms with van der Waals surface area (Å²) in [5.41, 5.74) is 5.35. The molecule has 0 radical (unpaired) electrons. The topological polar surface area (TPSA) is 117 Å². The summed E-state index contributed by atoms with van der Waals surface area (Å²) in [5.74, 6) is -0.383. The third-order valence-corrected chi connectivity index (χ3v) is 9.49. The first-order valence-electron chi connectivity index (χ1n) is 20.8. The summed E-state index contributed by atoms with van der Waals surface area (Å²) < 4.78 is 33.1. The molecule has 9 heteroatoms. The van der Waals surface area contributed by atoms with Crippen LogP contribution in [0.2, 0.25) is 0 Å². The number of hydrogen-bond acceptors (Lipinski definition) is 7. The van der Waals surface area contributed by atoms with Gasteiger partial charge >= 0.3 is 13.8 Å². The minimum atomic E-state index is -4.30. The van der Waals surface area contributed by atoms with Crippen LogP contribution in [-0.4, -0.2) is 43.3 Å². The van der Waals surface area contributed by atoms with Gasteiger partial charge in [-0.25, -0.2) is 4.57 Å². The quantitative estimate of drug-likeness (QED) is 0.0210. The summed E-state index contributed by atoms with van der Waals surface area (Å²) in [6, 6.07) is 0. The summed E-state index contributed by atoms with van der Waals surface area (Å²) in [4.78, 5) is 22.4. The zero-order valence-electron chi connectivity index (χ0n) is 33.3. The summed E-state index contributed by atoms with van der Waals surface area (Å²) in [6.45, 7) is 4.16. The van der Waals surface area contributed by atoms with Crippen LogP contribution in [0.25, 0.3) is 0 Å². The van der Waals surface area contributed by atoms with Gasteiger partial charge < -0.3 is 20.1 Å². The molecule has 0 saturated heterocycles. The van der Waals surface area contributed by atoms with Crippen molar-refractivity contribution in [2.75, 3.05) is 26.4 Å². The molecular formula is C43H78NO7P. The van der Waals surface area contributed by atoms with Gasteiger partial charge in [0, 0.05) is 13.0 Å². The van der Waals surface area contributed by atoms with Gasteiger partial charge in [0.2, 0.25) is 0 Å². The minimum absolute atomic E-state index is 0.0175. The standard InChI is InChI=1S/C43H78NO7P/c1-3-5-7-9-11-13-15-17-19-20-21-22-23-24-26-28-30-32-34-36-43(45)51-42(41-50-52(46,47)49-39-37-44)40-48-38-35-33-31-29-27-25-18-16-14-12-10-8-6-4-2/h11,13,17,19,21-22,24,26,35,38,42H,3-10,12,14-16,18,20,23,25,27-34,36-37,39-41,44H2,1-2H3,(H,46,47). The summed E-state index contributed by atoms with van der Waals surface area (Å²) in [5, 5.41) is 0. The Morgan fingerprint density at radius 2 is 1.04 bits per heavy atom. The zero-order valence-corrected chi connectivity index (χ0v) is 34.2. The Kier molecular flexibility index (Phi) is 38.7. The van der Waals surface area contributed by atoms with Gasteiger partial charge in [0.25, 0.3) is 0 Å². The lowest BCUT2D eigenvalue weighted by Crippen LogP contribution is -2.27. The third kappa shape index (κ3) is 39.3. The summed E-state index contributed by atoms with van der Waals surface area (Å²) in [7, 11) is -4.30. The molecular weight excluding hydrogens is 673 g/mol. The monoisotopic (exact) mass is 752 g/mol. The Labute approximate surface area is 319 Å². The second kappa shape index (κ2) is 40.2. The van der Waals surface area contributed by atoms with Crippen LogP contribution in [0.15, 0.2) is 60.9 Å². The Morgan fingerprint density at radius 3 is 1.58 bits per heavy atom. The van der Waals surface area contributed by atoms with Gasteiger partial charge in [0.1, 0.15) is 6.61 Å². The van der Waals surface area contributed by atoms with Crippen molar-refractivity contribution in [1.29, 1.82) is 0 Å². The maximum absolute atomic E-state index is 12.5. The van der Waals surface area contributed by atoms with Gasteiger partial charge in [-0.3, -0.25) is 13.8 Å². The van der Waals surface area contributed by atoms with Crippen LogP contribution in [0.4, 0.5) is 0 Å². The Bertz CT molecular complexity index is 979. The number of nitrogens with two attached hydrogens (primary N) is 1. The van der Waals surface area contributed by atoms with Crippen molar-refractivity contribution >= 4 is 13.8 Å². The molecule has 8 nitrogen and oxygen atoms in total. The lowest BCUT2D eigenvalue weighted by atomic mass is 10.0. The second-order valence-corrected chi connectivity index (χ2v) is 15.0. The highest BCUT2D eigenvalue weighted by Gasteiger charge is 2.25. The van der Waals surface area contributed by atoms with Crippen molar-refractivity contribution in [2.45, 2.75) is 180 Å². The van der Waals surface area contributed by atoms with Crippen LogP contribution in [0.3, 0.4) is 0 Å². The number of unbranched alkanes of at least 4 members (excludes halogenated alkanes) is 18. The Hall–Kier alpha value is -1.96. The lowest BCUT2D eigenvalue weighted by Gasteiger charge is -2.19. The van der Waals surface area contributed by atoms with E-state index < -0.39 is 13.9 Å². The van der Waals surface area contributed by atoms with Crippen LogP contribution in [0, 0.1) is 0 Å². The largest absolute Gasteiger partial charge is 0.498 e. The van der Waals surface area contributed by atoms with E-state index in [9.17, 15) is 14.3 Å². The molecule has 3 N–H and O–H groups in total. The molecule has 0 heterocycles. The molecule has 52 heavy (non-hydrogen) atoms. The summed E-state index contributed by atoms with van der Waals surface area (Å²) in [6.07, 6.45) is 49.0. The van der Waals surface area contributed by atoms with Crippen LogP contribution in [0.5, 0.6) is 0 Å². The number of allylic oxidation sites excluding steroid dienone is 9. The molecule has 0 aliphatic rings. The number of carbonyl (C=O) groups is 1. The zero-order chi connectivity index (χ0) is 38.1. The highest BCUT2D eigenvalue weighted by Crippen LogP contribution is 2.43. The van der Waals surface area contributed by atoms with Crippen molar-refractivity contribution in [1.82, 2.24) is 0 Å². The second-order valence-electron chi connectivity index (χ2n) is 13.6. The third-order valence-electron chi connectivity index (χ3n) is 8.50. The maximum atomic E-state index is 12.5. The van der Waals surface area contributed by atoms with Crippen molar-refractivity contribution in [3.63, 3.8) is 0 Å². The fourth-order valence-corrected chi connectivity index (χ4v) is 6.18. The number of rotatable bonds is 39. The maximum Gasteiger partial charge on any atom is 0.472 e. The Balaban J connectivity index is 4.19. The molecule has 0 spiro atoms. The van der Waals surface area contributed by atoms with E-state index in [1.807, 2.05) is 6.08 Å². The molecule has 302 valence electrons. The molecule has 0 aliphatic carbocycles. The predicted octanol–water partition coefficient (Wildman–Crippen LogP) is 12.5. The van der Waals surface area contributed by atoms with Crippen LogP contribution in [0.1, 0.15) is 174 Å². The first-order chi connectivity index (χ1) is 25.4. The average molecular weight is 752 g/mol. The molecule has 2 unspecified atom stereocenters. The van der Waals surface area contributed by atoms with Gasteiger partial charge in [-0.1, -0.05) is 152 Å². The number of hydrogen-bond donors (Lipinski definition) is 2. The van der Waals surface area contributed by atoms with Crippen molar-refractivity contribution in [3.8, 4) is 0 Å². The molecule has 0 aliphatic heterocycles. The van der Waals surface area contributed by atoms with Crippen molar-refractivity contribution in [2.24, 2.45) is 5.73 Å². The molecule has 0 fully saturated rings. The smallest absolute Gasteiger partial charge is 0.472 e. The van der Waals surface area contributed by atoms with E-state index in [1.54, 1.807) is 6.26 Å². The van der Waals surface area contributed by atoms with Gasteiger partial charge in [0.05, 0.1) is 19.5 Å². The molecule has 0 rings (SSSR count). The van der Waals surface area contributed by atoms with E-state index in [2.05, 4.69) is 62.5 Å². The van der Waals surface area contributed by atoms with Gasteiger partial charge in [-0.15, -0.1) is 0 Å². The molecule has 0 aromatic heterocycles. The van der Waals surface area contributed by atoms with E-state index >= 15 is 0 Å². The number of phosphoric acid groups is 1. The number of carbonyl (C=O) groups excluding carboxylic acids is 1. The van der Waals surface area contributed by atoms with Gasteiger partial charge in [0.15, 0.2) is 6.10 Å². The molecule has 0 amide bonds. The highest BCUT2D eigenvalue weighted by atomic mass is 31.2. The highest BCUT2D eigenvalue weighted by molar-refractivity contribution is 7.47. The van der Waals surface area contributed by atoms with Crippen LogP contribution in [-0.2, 0) is 27.9 Å². The molecule has 2 atom stereocenters. The molecule has 0 aromatic rings. The van der Waals surface area contributed by atoms with Gasteiger partial charge in [-0.2, -0.15) is 0 Å². The first kappa shape index (κ1) is 50.0. The van der Waals surface area contributed by atoms with E-state index in [1.165, 1.54) is 96.3 Å². The van der Waals surface area contributed by atoms with Gasteiger partial charge in [-0.05, 0) is 70.3 Å². The van der Waals surface area contributed by atoms with E-state index in [4.69, 9.17) is 24.3 Å². The lowest BCUT2D eigenvalue weighted by molar-refractivity contribution is -0.153. The van der Waals surface area contributed by atoms with E-state index in [0.29, 0.717) is 6.42 Å². The van der Waals surface area contributed by atoms with E-state index in [0.717, 1.165) is 51.4 Å². The van der Waals surface area contributed by atoms with Crippen molar-refractivity contribution < 1.29 is 32.8 Å². The van der Waals surface area contributed by atoms with E-state index in [-0.39, 0.29) is 38.8 Å². The fraction of sp³-hybridized carbons (Fsp3) is 0.744.